The molecule has 0 aliphatic carbocycles. The van der Waals surface area contributed by atoms with E-state index in [4.69, 9.17) is 0 Å². The highest BCUT2D eigenvalue weighted by Crippen LogP contribution is 2.22. The third-order valence-corrected chi connectivity index (χ3v) is 2.91. The third kappa shape index (κ3) is 1.51. The summed E-state index contributed by atoms with van der Waals surface area (Å²) in [4.78, 5) is 7.66. The van der Waals surface area contributed by atoms with E-state index in [1.54, 1.807) is 6.07 Å². The molecule has 0 bridgehead atoms. The molecule has 0 amide bonds. The Bertz CT molecular complexity index is 486. The van der Waals surface area contributed by atoms with Gasteiger partial charge in [-0.1, -0.05) is 0 Å². The molecule has 3 rings (SSSR count). The molecule has 0 saturated carbocycles. The Kier molecular flexibility index (Phi) is 1.95. The highest BCUT2D eigenvalue weighted by Gasteiger charge is 2.19. The number of hydrogen-bond acceptors (Lipinski definition) is 2. The number of aromatic nitrogens is 2. The summed E-state index contributed by atoms with van der Waals surface area (Å²) < 4.78 is 13.0. The van der Waals surface area contributed by atoms with Crippen LogP contribution in [0.25, 0.3) is 11.0 Å². The van der Waals surface area contributed by atoms with Crippen LogP contribution < -0.4 is 5.32 Å². The lowest BCUT2D eigenvalue weighted by atomic mass is 10.1. The van der Waals surface area contributed by atoms with Crippen LogP contribution in [0, 0.1) is 5.82 Å². The fourth-order valence-corrected chi connectivity index (χ4v) is 2.08. The molecule has 4 heteroatoms. The van der Waals surface area contributed by atoms with Gasteiger partial charge in [-0.05, 0) is 31.2 Å². The first-order valence-electron chi connectivity index (χ1n) is 5.19. The fraction of sp³-hybridized carbons (Fsp3) is 0.364. The molecule has 1 aromatic heterocycles. The number of halogens is 1. The number of nitrogens with zero attached hydrogens (tertiary/aromatic N) is 1. The maximum atomic E-state index is 13.0. The molecule has 1 aromatic carbocycles. The van der Waals surface area contributed by atoms with Crippen LogP contribution in [-0.2, 0) is 0 Å². The zero-order valence-corrected chi connectivity index (χ0v) is 8.26. The lowest BCUT2D eigenvalue weighted by Gasteiger charge is -2.01. The van der Waals surface area contributed by atoms with Gasteiger partial charge in [0.25, 0.3) is 0 Å². The normalized spacial score (nSPS) is 21.3. The first-order chi connectivity index (χ1) is 7.33. The Hall–Kier alpha value is -1.42. The van der Waals surface area contributed by atoms with Crippen LogP contribution in [0.1, 0.15) is 18.2 Å². The van der Waals surface area contributed by atoms with E-state index in [9.17, 15) is 4.39 Å². The van der Waals surface area contributed by atoms with Gasteiger partial charge in [0, 0.05) is 12.5 Å². The van der Waals surface area contributed by atoms with E-state index in [-0.39, 0.29) is 5.82 Å². The van der Waals surface area contributed by atoms with Gasteiger partial charge in [-0.25, -0.2) is 9.37 Å². The van der Waals surface area contributed by atoms with Gasteiger partial charge < -0.3 is 10.3 Å². The molecule has 1 saturated heterocycles. The van der Waals surface area contributed by atoms with Gasteiger partial charge in [0.2, 0.25) is 0 Å². The highest BCUT2D eigenvalue weighted by atomic mass is 19.1. The van der Waals surface area contributed by atoms with E-state index < -0.39 is 0 Å². The summed E-state index contributed by atoms with van der Waals surface area (Å²) in [5.74, 6) is 1.20. The molecule has 3 nitrogen and oxygen atoms in total. The van der Waals surface area contributed by atoms with E-state index in [0.717, 1.165) is 36.4 Å². The van der Waals surface area contributed by atoms with E-state index in [0.29, 0.717) is 5.92 Å². The van der Waals surface area contributed by atoms with Crippen LogP contribution in [-0.4, -0.2) is 23.1 Å². The SMILES string of the molecule is Fc1ccc2nc([C@@H]3CCNC3)[nH]c2c1. The minimum Gasteiger partial charge on any atom is -0.342 e. The number of benzene rings is 1. The summed E-state index contributed by atoms with van der Waals surface area (Å²) in [6.07, 6.45) is 1.10. The van der Waals surface area contributed by atoms with Crippen LogP contribution >= 0.6 is 0 Å². The minimum atomic E-state index is -0.220. The first kappa shape index (κ1) is 8.85. The molecule has 1 fully saturated rings. The van der Waals surface area contributed by atoms with Gasteiger partial charge in [-0.15, -0.1) is 0 Å². The summed E-state index contributed by atoms with van der Waals surface area (Å²) in [6, 6.07) is 4.65. The standard InChI is InChI=1S/C11H12FN3/c12-8-1-2-9-10(5-8)15-11(14-9)7-3-4-13-6-7/h1-2,5,7,13H,3-4,6H2,(H,14,15)/t7-/m1/s1. The molecule has 15 heavy (non-hydrogen) atoms. The average Bonchev–Trinajstić information content (AvgIpc) is 2.84. The Labute approximate surface area is 86.7 Å². The van der Waals surface area contributed by atoms with Crippen LogP contribution in [0.5, 0.6) is 0 Å². The lowest BCUT2D eigenvalue weighted by Crippen LogP contribution is -2.08. The molecule has 2 N–H and O–H groups in total. The topological polar surface area (TPSA) is 40.7 Å². The predicted octanol–water partition coefficient (Wildman–Crippen LogP) is 1.78. The van der Waals surface area contributed by atoms with E-state index >= 15 is 0 Å². The van der Waals surface area contributed by atoms with Crippen LogP contribution in [0.3, 0.4) is 0 Å². The number of fused-ring (bicyclic) bond motifs is 1. The Morgan fingerprint density at radius 2 is 2.33 bits per heavy atom. The van der Waals surface area contributed by atoms with Crippen molar-refractivity contribution < 1.29 is 4.39 Å². The third-order valence-electron chi connectivity index (χ3n) is 2.91. The molecule has 78 valence electrons. The van der Waals surface area contributed by atoms with Crippen molar-refractivity contribution in [2.24, 2.45) is 0 Å². The summed E-state index contributed by atoms with van der Waals surface area (Å²) >= 11 is 0. The molecule has 2 aromatic rings. The summed E-state index contributed by atoms with van der Waals surface area (Å²) in [7, 11) is 0. The number of imidazole rings is 1. The molecule has 1 atom stereocenters. The highest BCUT2D eigenvalue weighted by molar-refractivity contribution is 5.75. The maximum Gasteiger partial charge on any atom is 0.125 e. The van der Waals surface area contributed by atoms with E-state index in [1.165, 1.54) is 12.1 Å². The quantitative estimate of drug-likeness (QED) is 0.745. The first-order valence-corrected chi connectivity index (χ1v) is 5.19. The van der Waals surface area contributed by atoms with Gasteiger partial charge in [0.1, 0.15) is 11.6 Å². The second kappa shape index (κ2) is 3.31. The number of nitrogens with one attached hydrogen (secondary N) is 2. The van der Waals surface area contributed by atoms with Crippen molar-refractivity contribution in [2.45, 2.75) is 12.3 Å². The maximum absolute atomic E-state index is 13.0. The lowest BCUT2D eigenvalue weighted by molar-refractivity contribution is 0.629. The van der Waals surface area contributed by atoms with Crippen LogP contribution in [0.15, 0.2) is 18.2 Å². The molecule has 2 heterocycles. The number of rotatable bonds is 1. The fourth-order valence-electron chi connectivity index (χ4n) is 2.08. The molecule has 1 aliphatic heterocycles. The van der Waals surface area contributed by atoms with Crippen molar-refractivity contribution in [3.63, 3.8) is 0 Å². The zero-order valence-electron chi connectivity index (χ0n) is 8.26. The average molecular weight is 205 g/mol. The van der Waals surface area contributed by atoms with E-state index in [2.05, 4.69) is 15.3 Å². The number of aromatic amines is 1. The zero-order chi connectivity index (χ0) is 10.3. The second-order valence-electron chi connectivity index (χ2n) is 3.97. The summed E-state index contributed by atoms with van der Waals surface area (Å²) in [5.41, 5.74) is 1.63. The van der Waals surface area contributed by atoms with Crippen molar-refractivity contribution in [1.82, 2.24) is 15.3 Å². The van der Waals surface area contributed by atoms with Crippen molar-refractivity contribution in [3.05, 3.63) is 29.8 Å². The molecular weight excluding hydrogens is 193 g/mol. The van der Waals surface area contributed by atoms with Crippen molar-refractivity contribution >= 4 is 11.0 Å². The molecule has 0 spiro atoms. The minimum absolute atomic E-state index is 0.220. The van der Waals surface area contributed by atoms with Gasteiger partial charge in [0.05, 0.1) is 11.0 Å². The Balaban J connectivity index is 2.05. The number of H-pyrrole nitrogens is 1. The van der Waals surface area contributed by atoms with Gasteiger partial charge in [-0.3, -0.25) is 0 Å². The molecular formula is C11H12FN3. The monoisotopic (exact) mass is 205 g/mol. The predicted molar refractivity (Wildman–Crippen MR) is 56.3 cm³/mol. The second-order valence-corrected chi connectivity index (χ2v) is 3.97. The van der Waals surface area contributed by atoms with Gasteiger partial charge in [-0.2, -0.15) is 0 Å². The van der Waals surface area contributed by atoms with Crippen molar-refractivity contribution in [2.75, 3.05) is 13.1 Å². The number of hydrogen-bond donors (Lipinski definition) is 2. The smallest absolute Gasteiger partial charge is 0.125 e. The van der Waals surface area contributed by atoms with Crippen molar-refractivity contribution in [1.29, 1.82) is 0 Å². The summed E-state index contributed by atoms with van der Waals surface area (Å²) in [5, 5.41) is 3.29. The Morgan fingerprint density at radius 3 is 3.13 bits per heavy atom. The summed E-state index contributed by atoms with van der Waals surface area (Å²) in [6.45, 7) is 2.00. The molecule has 0 unspecified atom stereocenters. The van der Waals surface area contributed by atoms with Crippen molar-refractivity contribution in [3.8, 4) is 0 Å². The van der Waals surface area contributed by atoms with Crippen LogP contribution in [0.2, 0.25) is 0 Å². The molecule has 0 radical (unpaired) electrons. The Morgan fingerprint density at radius 1 is 1.40 bits per heavy atom. The van der Waals surface area contributed by atoms with Crippen LogP contribution in [0.4, 0.5) is 4.39 Å². The van der Waals surface area contributed by atoms with Gasteiger partial charge >= 0.3 is 0 Å². The van der Waals surface area contributed by atoms with E-state index in [1.807, 2.05) is 0 Å². The largest absolute Gasteiger partial charge is 0.342 e. The molecule has 1 aliphatic rings. The van der Waals surface area contributed by atoms with Gasteiger partial charge in [0.15, 0.2) is 0 Å².